The van der Waals surface area contributed by atoms with E-state index in [-0.39, 0.29) is 11.8 Å². The molecule has 0 aliphatic heterocycles. The average Bonchev–Trinajstić information content (AvgIpc) is 3.11. The molecule has 0 aromatic heterocycles. The van der Waals surface area contributed by atoms with Gasteiger partial charge < -0.3 is 20.4 Å². The predicted molar refractivity (Wildman–Crippen MR) is 206 cm³/mol. The van der Waals surface area contributed by atoms with Gasteiger partial charge in [0, 0.05) is 37.3 Å². The van der Waals surface area contributed by atoms with Crippen LogP contribution in [-0.2, 0) is 0 Å². The van der Waals surface area contributed by atoms with Gasteiger partial charge in [-0.2, -0.15) is 0 Å². The van der Waals surface area contributed by atoms with E-state index in [1.165, 1.54) is 103 Å². The third kappa shape index (κ3) is 18.2. The Hall–Kier alpha value is -2.70. The lowest BCUT2D eigenvalue weighted by Gasteiger charge is -2.22. The van der Waals surface area contributed by atoms with Crippen LogP contribution in [0.3, 0.4) is 0 Å². The zero-order valence-electron chi connectivity index (χ0n) is 31.3. The molecule has 48 heavy (non-hydrogen) atoms. The van der Waals surface area contributed by atoms with Gasteiger partial charge in [0.05, 0.1) is 0 Å². The van der Waals surface area contributed by atoms with Gasteiger partial charge in [-0.3, -0.25) is 9.59 Å². The maximum absolute atomic E-state index is 12.9. The largest absolute Gasteiger partial charge is 0.351 e. The van der Waals surface area contributed by atoms with E-state index in [4.69, 9.17) is 0 Å². The monoisotopic (exact) mass is 663 g/mol. The smallest absolute Gasteiger partial charge is 0.251 e. The van der Waals surface area contributed by atoms with Crippen LogP contribution in [0.15, 0.2) is 48.5 Å². The fourth-order valence-electron chi connectivity index (χ4n) is 6.15. The van der Waals surface area contributed by atoms with Crippen molar-refractivity contribution in [1.29, 1.82) is 0 Å². The van der Waals surface area contributed by atoms with Crippen LogP contribution in [0.2, 0.25) is 0 Å². The standard InChI is InChI=1S/C42H70N4O2/c1-5-9-13-15-17-19-33-45(31-11-7-3)35-29-43-41(47)39-25-21-37(22-26-39)38-23-27-40(28-24-38)42(48)44-30-36-46(32-12-8-4)34-20-18-16-14-10-6-2/h21-28H,5-20,29-36H2,1-4H3,(H,43,47)(H,44,48). The van der Waals surface area contributed by atoms with E-state index in [0.717, 1.165) is 50.4 Å². The van der Waals surface area contributed by atoms with Crippen molar-refractivity contribution in [2.24, 2.45) is 0 Å². The van der Waals surface area contributed by atoms with Crippen LogP contribution in [0.1, 0.15) is 151 Å². The Morgan fingerprint density at radius 1 is 0.417 bits per heavy atom. The number of benzene rings is 2. The highest BCUT2D eigenvalue weighted by atomic mass is 16.2. The van der Waals surface area contributed by atoms with Gasteiger partial charge in [0.25, 0.3) is 11.8 Å². The Morgan fingerprint density at radius 3 is 1.08 bits per heavy atom. The Morgan fingerprint density at radius 2 is 0.729 bits per heavy atom. The summed E-state index contributed by atoms with van der Waals surface area (Å²) in [4.78, 5) is 30.8. The van der Waals surface area contributed by atoms with E-state index in [9.17, 15) is 9.59 Å². The first-order chi connectivity index (χ1) is 23.5. The SMILES string of the molecule is CCCCCCCCN(CCCC)CCNC(=O)c1ccc(-c2ccc(C(=O)NCCN(CCCC)CCCCCCCC)cc2)cc1. The van der Waals surface area contributed by atoms with Crippen LogP contribution in [0.25, 0.3) is 11.1 Å². The van der Waals surface area contributed by atoms with Crippen molar-refractivity contribution >= 4 is 11.8 Å². The Labute approximate surface area is 294 Å². The minimum absolute atomic E-state index is 0.0243. The molecule has 2 rings (SSSR count). The zero-order chi connectivity index (χ0) is 34.7. The first-order valence-electron chi connectivity index (χ1n) is 19.7. The van der Waals surface area contributed by atoms with E-state index in [1.807, 2.05) is 48.5 Å². The number of nitrogens with zero attached hydrogens (tertiary/aromatic N) is 2. The number of hydrogen-bond acceptors (Lipinski definition) is 4. The molecule has 0 bridgehead atoms. The molecule has 0 aliphatic rings. The quantitative estimate of drug-likeness (QED) is 0.0852. The molecule has 0 aliphatic carbocycles. The third-order valence-corrected chi connectivity index (χ3v) is 9.37. The molecule has 6 nitrogen and oxygen atoms in total. The lowest BCUT2D eigenvalue weighted by atomic mass is 10.0. The van der Waals surface area contributed by atoms with Crippen molar-refractivity contribution in [1.82, 2.24) is 20.4 Å². The van der Waals surface area contributed by atoms with Crippen molar-refractivity contribution < 1.29 is 9.59 Å². The number of nitrogens with one attached hydrogen (secondary N) is 2. The summed E-state index contributed by atoms with van der Waals surface area (Å²) in [5.41, 5.74) is 3.42. The average molecular weight is 663 g/mol. The normalized spacial score (nSPS) is 11.4. The molecule has 270 valence electrons. The molecule has 0 spiro atoms. The molecule has 2 amide bonds. The summed E-state index contributed by atoms with van der Waals surface area (Å²) >= 11 is 0. The van der Waals surface area contributed by atoms with Crippen LogP contribution in [0.5, 0.6) is 0 Å². The molecule has 0 saturated carbocycles. The van der Waals surface area contributed by atoms with Crippen molar-refractivity contribution in [2.45, 2.75) is 130 Å². The highest BCUT2D eigenvalue weighted by molar-refractivity contribution is 5.95. The van der Waals surface area contributed by atoms with Gasteiger partial charge in [0.15, 0.2) is 0 Å². The Balaban J connectivity index is 1.77. The summed E-state index contributed by atoms with van der Waals surface area (Å²) in [6.45, 7) is 16.6. The molecule has 2 aromatic rings. The van der Waals surface area contributed by atoms with Crippen LogP contribution in [-0.4, -0.2) is 74.0 Å². The number of unbranched alkanes of at least 4 members (excludes halogenated alkanes) is 12. The first kappa shape index (κ1) is 41.5. The number of amides is 2. The van der Waals surface area contributed by atoms with Gasteiger partial charge in [-0.05, 0) is 87.3 Å². The number of carbonyl (C=O) groups excluding carboxylic acids is 2. The second-order valence-electron chi connectivity index (χ2n) is 13.6. The Bertz CT molecular complexity index is 998. The van der Waals surface area contributed by atoms with E-state index >= 15 is 0 Å². The maximum Gasteiger partial charge on any atom is 0.251 e. The summed E-state index contributed by atoms with van der Waals surface area (Å²) in [5, 5.41) is 6.26. The summed E-state index contributed by atoms with van der Waals surface area (Å²) in [7, 11) is 0. The van der Waals surface area contributed by atoms with E-state index in [0.29, 0.717) is 24.2 Å². The van der Waals surface area contributed by atoms with E-state index in [1.54, 1.807) is 0 Å². The molecule has 2 aromatic carbocycles. The summed E-state index contributed by atoms with van der Waals surface area (Å²) in [6, 6.07) is 15.5. The van der Waals surface area contributed by atoms with Crippen LogP contribution < -0.4 is 10.6 Å². The van der Waals surface area contributed by atoms with Crippen molar-refractivity contribution in [3.63, 3.8) is 0 Å². The highest BCUT2D eigenvalue weighted by Gasteiger charge is 2.11. The molecule has 0 unspecified atom stereocenters. The fraction of sp³-hybridized carbons (Fsp3) is 0.667. The summed E-state index contributed by atoms with van der Waals surface area (Å²) in [6.07, 6.45) is 20.5. The van der Waals surface area contributed by atoms with Crippen LogP contribution >= 0.6 is 0 Å². The second-order valence-corrected chi connectivity index (χ2v) is 13.6. The molecule has 6 heteroatoms. The number of carbonyl (C=O) groups is 2. The van der Waals surface area contributed by atoms with Gasteiger partial charge in [0.2, 0.25) is 0 Å². The van der Waals surface area contributed by atoms with Crippen molar-refractivity contribution in [2.75, 3.05) is 52.4 Å². The Kier molecular flexibility index (Phi) is 23.5. The minimum Gasteiger partial charge on any atom is -0.351 e. The van der Waals surface area contributed by atoms with Gasteiger partial charge >= 0.3 is 0 Å². The predicted octanol–water partition coefficient (Wildman–Crippen LogP) is 9.74. The molecule has 0 fully saturated rings. The van der Waals surface area contributed by atoms with Crippen LogP contribution in [0.4, 0.5) is 0 Å². The van der Waals surface area contributed by atoms with E-state index < -0.39 is 0 Å². The summed E-state index contributed by atoms with van der Waals surface area (Å²) in [5.74, 6) is -0.0485. The summed E-state index contributed by atoms with van der Waals surface area (Å²) < 4.78 is 0. The van der Waals surface area contributed by atoms with Crippen molar-refractivity contribution in [3.05, 3.63) is 59.7 Å². The topological polar surface area (TPSA) is 64.7 Å². The van der Waals surface area contributed by atoms with Crippen molar-refractivity contribution in [3.8, 4) is 11.1 Å². The van der Waals surface area contributed by atoms with E-state index in [2.05, 4.69) is 48.1 Å². The fourth-order valence-corrected chi connectivity index (χ4v) is 6.15. The third-order valence-electron chi connectivity index (χ3n) is 9.37. The number of rotatable bonds is 29. The van der Waals surface area contributed by atoms with Gasteiger partial charge in [-0.1, -0.05) is 129 Å². The first-order valence-corrected chi connectivity index (χ1v) is 19.7. The van der Waals surface area contributed by atoms with Gasteiger partial charge in [-0.25, -0.2) is 0 Å². The molecular formula is C42H70N4O2. The molecule has 2 N–H and O–H groups in total. The molecule has 0 atom stereocenters. The molecule has 0 saturated heterocycles. The molecular weight excluding hydrogens is 592 g/mol. The highest BCUT2D eigenvalue weighted by Crippen LogP contribution is 2.21. The lowest BCUT2D eigenvalue weighted by Crippen LogP contribution is -2.36. The van der Waals surface area contributed by atoms with Crippen LogP contribution in [0, 0.1) is 0 Å². The van der Waals surface area contributed by atoms with Gasteiger partial charge in [-0.15, -0.1) is 0 Å². The molecule has 0 heterocycles. The molecule has 0 radical (unpaired) electrons. The number of hydrogen-bond donors (Lipinski definition) is 2. The lowest BCUT2D eigenvalue weighted by molar-refractivity contribution is 0.0939. The van der Waals surface area contributed by atoms with Gasteiger partial charge in [0.1, 0.15) is 0 Å². The maximum atomic E-state index is 12.9. The zero-order valence-corrected chi connectivity index (χ0v) is 31.3. The second kappa shape index (κ2) is 27.2. The minimum atomic E-state index is -0.0243.